The Morgan fingerprint density at radius 1 is 0.500 bits per heavy atom. The SMILES string of the molecule is CC(C)C[C@H]1N=C(CC2=N[C@H](CC(C)C)C(C3CCCCC3)(C3CCCCC3)O2)OC1(C1CCCCC1)C1CCCCC1.[Br-].[Br-].[Ni+2]. The van der Waals surface area contributed by atoms with E-state index in [1.807, 2.05) is 0 Å². The Balaban J connectivity index is 0.00000192. The first-order valence-electron chi connectivity index (χ1n) is 19.4. The number of halogens is 2. The average molecular weight is 813 g/mol. The van der Waals surface area contributed by atoms with Crippen LogP contribution < -0.4 is 34.0 Å². The van der Waals surface area contributed by atoms with Gasteiger partial charge in [-0.2, -0.15) is 0 Å². The van der Waals surface area contributed by atoms with Crippen LogP contribution in [0.4, 0.5) is 0 Å². The summed E-state index contributed by atoms with van der Waals surface area (Å²) in [6.45, 7) is 9.57. The van der Waals surface area contributed by atoms with E-state index in [4.69, 9.17) is 19.5 Å². The molecule has 0 bridgehead atoms. The number of ether oxygens (including phenoxy) is 2. The van der Waals surface area contributed by atoms with E-state index in [2.05, 4.69) is 27.7 Å². The molecule has 0 N–H and O–H groups in total. The van der Waals surface area contributed by atoms with Gasteiger partial charge in [-0.15, -0.1) is 0 Å². The minimum absolute atomic E-state index is 0. The molecule has 268 valence electrons. The van der Waals surface area contributed by atoms with Crippen LogP contribution in [0.3, 0.4) is 0 Å². The number of nitrogens with zero attached hydrogens (tertiary/aromatic N) is 2. The van der Waals surface area contributed by atoms with E-state index < -0.39 is 0 Å². The molecule has 0 aromatic carbocycles. The van der Waals surface area contributed by atoms with Gasteiger partial charge in [-0.3, -0.25) is 0 Å². The van der Waals surface area contributed by atoms with E-state index in [9.17, 15) is 0 Å². The largest absolute Gasteiger partial charge is 2.00 e. The van der Waals surface area contributed by atoms with Crippen molar-refractivity contribution in [2.24, 2.45) is 45.5 Å². The molecule has 6 rings (SSSR count). The summed E-state index contributed by atoms with van der Waals surface area (Å²) >= 11 is 0. The topological polar surface area (TPSA) is 43.2 Å². The van der Waals surface area contributed by atoms with E-state index in [0.29, 0.717) is 54.0 Å². The monoisotopic (exact) mass is 810 g/mol. The Morgan fingerprint density at radius 3 is 1.00 bits per heavy atom. The van der Waals surface area contributed by atoms with Crippen molar-refractivity contribution < 1.29 is 59.9 Å². The molecule has 0 spiro atoms. The van der Waals surface area contributed by atoms with E-state index in [1.165, 1.54) is 128 Å². The summed E-state index contributed by atoms with van der Waals surface area (Å²) in [4.78, 5) is 11.2. The van der Waals surface area contributed by atoms with Gasteiger partial charge in [0, 0.05) is 23.7 Å². The van der Waals surface area contributed by atoms with Crippen LogP contribution in [-0.2, 0) is 26.0 Å². The zero-order valence-electron chi connectivity index (χ0n) is 29.7. The second kappa shape index (κ2) is 18.6. The van der Waals surface area contributed by atoms with Crippen molar-refractivity contribution in [3.8, 4) is 0 Å². The van der Waals surface area contributed by atoms with Crippen LogP contribution in [0.2, 0.25) is 0 Å². The summed E-state index contributed by atoms with van der Waals surface area (Å²) in [5.41, 5.74) is -0.193. The van der Waals surface area contributed by atoms with Crippen LogP contribution in [0.5, 0.6) is 0 Å². The van der Waals surface area contributed by atoms with Crippen molar-refractivity contribution in [3.63, 3.8) is 0 Å². The van der Waals surface area contributed by atoms with Gasteiger partial charge in [0.25, 0.3) is 0 Å². The Kier molecular flexibility index (Phi) is 16.5. The first-order chi connectivity index (χ1) is 20.9. The summed E-state index contributed by atoms with van der Waals surface area (Å²) in [5, 5.41) is 0. The molecule has 7 heteroatoms. The van der Waals surface area contributed by atoms with Gasteiger partial charge in [0.05, 0.1) is 18.5 Å². The molecule has 4 nitrogen and oxygen atoms in total. The standard InChI is InChI=1S/C39H66N2O2.2BrH.Ni/c1-28(2)25-34-38(30-17-9-5-10-18-30,31-19-11-6-12-20-31)42-36(40-34)27-37-41-35(26-29(3)4)39(43-37,32-21-13-7-14-22-32)33-23-15-8-16-24-33;;;/h28-35H,5-27H2,1-4H3;2*1H;/q;;;+2/p-2/t34-,35-;;;/m1.../s1. The van der Waals surface area contributed by atoms with Crippen LogP contribution >= 0.6 is 0 Å². The van der Waals surface area contributed by atoms with Crippen LogP contribution in [0, 0.1) is 35.5 Å². The molecule has 2 aliphatic heterocycles. The van der Waals surface area contributed by atoms with Gasteiger partial charge in [-0.05, 0) is 76.0 Å². The number of hydrogen-bond donors (Lipinski definition) is 0. The van der Waals surface area contributed by atoms with Gasteiger partial charge < -0.3 is 43.4 Å². The molecule has 2 atom stereocenters. The maximum atomic E-state index is 7.47. The van der Waals surface area contributed by atoms with Gasteiger partial charge in [0.2, 0.25) is 0 Å². The molecule has 0 unspecified atom stereocenters. The predicted octanol–water partition coefficient (Wildman–Crippen LogP) is 4.87. The zero-order chi connectivity index (χ0) is 29.9. The minimum Gasteiger partial charge on any atom is -1.00 e. The van der Waals surface area contributed by atoms with Crippen LogP contribution in [-0.4, -0.2) is 35.1 Å². The molecule has 4 aliphatic carbocycles. The van der Waals surface area contributed by atoms with E-state index >= 15 is 0 Å². The van der Waals surface area contributed by atoms with Gasteiger partial charge >= 0.3 is 16.5 Å². The fourth-order valence-corrected chi connectivity index (χ4v) is 11.1. The second-order valence-electron chi connectivity index (χ2n) is 16.8. The summed E-state index contributed by atoms with van der Waals surface area (Å²) in [7, 11) is 0. The van der Waals surface area contributed by atoms with Gasteiger partial charge in [-0.25, -0.2) is 9.98 Å². The maximum absolute atomic E-state index is 7.47. The van der Waals surface area contributed by atoms with E-state index in [1.54, 1.807) is 0 Å². The third-order valence-electron chi connectivity index (χ3n) is 12.9. The van der Waals surface area contributed by atoms with Crippen molar-refractivity contribution >= 4 is 11.8 Å². The third kappa shape index (κ3) is 8.63. The number of hydrogen-bond acceptors (Lipinski definition) is 4. The fourth-order valence-electron chi connectivity index (χ4n) is 11.1. The summed E-state index contributed by atoms with van der Waals surface area (Å²) < 4.78 is 14.9. The molecule has 6 aliphatic rings. The summed E-state index contributed by atoms with van der Waals surface area (Å²) in [6.07, 6.45) is 30.1. The molecule has 46 heavy (non-hydrogen) atoms. The van der Waals surface area contributed by atoms with Gasteiger partial charge in [-0.1, -0.05) is 105 Å². The Bertz CT molecular complexity index is 851. The average Bonchev–Trinajstić information content (AvgIpc) is 3.57. The third-order valence-corrected chi connectivity index (χ3v) is 12.9. The molecule has 0 amide bonds. The van der Waals surface area contributed by atoms with Crippen molar-refractivity contribution in [1.82, 2.24) is 0 Å². The maximum Gasteiger partial charge on any atom is 2.00 e. The van der Waals surface area contributed by atoms with Gasteiger partial charge in [0.15, 0.2) is 11.8 Å². The normalized spacial score (nSPS) is 29.2. The second-order valence-corrected chi connectivity index (χ2v) is 16.8. The molecular formula is C39H66Br2N2NiO2. The van der Waals surface area contributed by atoms with Crippen molar-refractivity contribution in [2.75, 3.05) is 0 Å². The smallest absolute Gasteiger partial charge is 1.00 e. The van der Waals surface area contributed by atoms with E-state index in [-0.39, 0.29) is 61.7 Å². The van der Waals surface area contributed by atoms with Crippen molar-refractivity contribution in [3.05, 3.63) is 0 Å². The van der Waals surface area contributed by atoms with Gasteiger partial charge in [0.1, 0.15) is 11.2 Å². The molecule has 0 saturated heterocycles. The Labute approximate surface area is 314 Å². The molecular weight excluding hydrogens is 747 g/mol. The molecule has 4 saturated carbocycles. The van der Waals surface area contributed by atoms with Crippen molar-refractivity contribution in [2.45, 2.75) is 199 Å². The summed E-state index contributed by atoms with van der Waals surface area (Å²) in [6, 6.07) is 0.590. The zero-order valence-corrected chi connectivity index (χ0v) is 33.8. The first-order valence-corrected chi connectivity index (χ1v) is 19.4. The fraction of sp³-hybridized carbons (Fsp3) is 0.949. The molecule has 0 radical (unpaired) electrons. The quantitative estimate of drug-likeness (QED) is 0.296. The molecule has 0 aromatic rings. The minimum atomic E-state index is -0.0965. The summed E-state index contributed by atoms with van der Waals surface area (Å²) in [5.74, 6) is 5.82. The Hall–Kier alpha value is 0.394. The number of rotatable bonds is 10. The predicted molar refractivity (Wildman–Crippen MR) is 180 cm³/mol. The van der Waals surface area contributed by atoms with Crippen LogP contribution in [0.25, 0.3) is 0 Å². The molecule has 4 fully saturated rings. The first kappa shape index (κ1) is 40.8. The molecule has 0 aromatic heterocycles. The van der Waals surface area contributed by atoms with Crippen LogP contribution in [0.1, 0.15) is 175 Å². The Morgan fingerprint density at radius 2 is 0.761 bits per heavy atom. The van der Waals surface area contributed by atoms with E-state index in [0.717, 1.165) is 24.6 Å². The molecule has 2 heterocycles. The van der Waals surface area contributed by atoms with Crippen molar-refractivity contribution in [1.29, 1.82) is 0 Å². The van der Waals surface area contributed by atoms with Crippen LogP contribution in [0.15, 0.2) is 9.98 Å². The number of aliphatic imine (C=N–C) groups is 2.